The van der Waals surface area contributed by atoms with Gasteiger partial charge in [0.25, 0.3) is 0 Å². The van der Waals surface area contributed by atoms with Crippen molar-refractivity contribution < 1.29 is 4.74 Å². The van der Waals surface area contributed by atoms with Crippen LogP contribution in [0.3, 0.4) is 0 Å². The van der Waals surface area contributed by atoms with E-state index in [2.05, 4.69) is 22.4 Å². The molecule has 2 unspecified atom stereocenters. The van der Waals surface area contributed by atoms with Crippen LogP contribution in [0.5, 0.6) is 0 Å². The van der Waals surface area contributed by atoms with Gasteiger partial charge in [-0.25, -0.2) is 9.89 Å². The third-order valence-electron chi connectivity index (χ3n) is 3.06. The number of rotatable bonds is 5. The average Bonchev–Trinajstić information content (AvgIpc) is 2.70. The third-order valence-corrected chi connectivity index (χ3v) is 4.40. The van der Waals surface area contributed by atoms with Crippen molar-refractivity contribution in [2.24, 2.45) is 7.05 Å². The molecule has 1 aromatic rings. The van der Waals surface area contributed by atoms with Gasteiger partial charge in [-0.05, 0) is 19.4 Å². The van der Waals surface area contributed by atoms with Crippen LogP contribution in [-0.2, 0) is 11.8 Å². The van der Waals surface area contributed by atoms with Crippen LogP contribution in [0.4, 0.5) is 0 Å². The number of H-pyrrole nitrogens is 1. The zero-order valence-corrected chi connectivity index (χ0v) is 11.6. The summed E-state index contributed by atoms with van der Waals surface area (Å²) in [4.78, 5) is 11.3. The summed E-state index contributed by atoms with van der Waals surface area (Å²) in [6, 6.07) is 0.426. The van der Waals surface area contributed by atoms with Crippen molar-refractivity contribution in [2.75, 3.05) is 19.8 Å². The van der Waals surface area contributed by atoms with Gasteiger partial charge in [-0.15, -0.1) is 5.10 Å². The molecule has 1 saturated heterocycles. The second kappa shape index (κ2) is 6.40. The average molecular weight is 272 g/mol. The summed E-state index contributed by atoms with van der Waals surface area (Å²) >= 11 is 1.60. The van der Waals surface area contributed by atoms with E-state index >= 15 is 0 Å². The molecule has 7 heteroatoms. The van der Waals surface area contributed by atoms with Crippen molar-refractivity contribution >= 4 is 11.8 Å². The summed E-state index contributed by atoms with van der Waals surface area (Å²) in [5.74, 6) is 0. The Kier molecular flexibility index (Phi) is 4.85. The van der Waals surface area contributed by atoms with Gasteiger partial charge >= 0.3 is 5.69 Å². The molecule has 0 aliphatic carbocycles. The highest BCUT2D eigenvalue weighted by atomic mass is 32.2. The van der Waals surface area contributed by atoms with Crippen LogP contribution in [-0.4, -0.2) is 45.8 Å². The van der Waals surface area contributed by atoms with Crippen LogP contribution >= 0.6 is 11.8 Å². The molecule has 0 spiro atoms. The number of aromatic nitrogens is 3. The van der Waals surface area contributed by atoms with Crippen molar-refractivity contribution in [3.8, 4) is 0 Å². The van der Waals surface area contributed by atoms with Gasteiger partial charge in [-0.3, -0.25) is 4.57 Å². The number of hydrogen-bond acceptors (Lipinski definition) is 5. The van der Waals surface area contributed by atoms with Gasteiger partial charge in [0.05, 0.1) is 11.9 Å². The number of ether oxygens (including phenoxy) is 1. The maximum Gasteiger partial charge on any atom is 0.343 e. The van der Waals surface area contributed by atoms with Gasteiger partial charge in [0.15, 0.2) is 5.16 Å². The van der Waals surface area contributed by atoms with Crippen LogP contribution < -0.4 is 11.0 Å². The van der Waals surface area contributed by atoms with Gasteiger partial charge in [-0.2, -0.15) is 0 Å². The number of nitrogens with zero attached hydrogens (tertiary/aromatic N) is 2. The zero-order chi connectivity index (χ0) is 13.0. The lowest BCUT2D eigenvalue weighted by Gasteiger charge is -2.31. The highest BCUT2D eigenvalue weighted by Crippen LogP contribution is 2.26. The van der Waals surface area contributed by atoms with E-state index in [0.717, 1.165) is 31.1 Å². The first kappa shape index (κ1) is 13.6. The number of hydrogen-bond donors (Lipinski definition) is 2. The Hall–Kier alpha value is -0.790. The predicted molar refractivity (Wildman–Crippen MR) is 71.0 cm³/mol. The molecular formula is C11H20N4O2S. The second-order valence-corrected chi connectivity index (χ2v) is 5.66. The smallest absolute Gasteiger partial charge is 0.343 e. The minimum absolute atomic E-state index is 0.174. The second-order valence-electron chi connectivity index (χ2n) is 4.45. The van der Waals surface area contributed by atoms with Crippen LogP contribution in [0.1, 0.15) is 19.8 Å². The fraction of sp³-hybridized carbons (Fsp3) is 0.818. The predicted octanol–water partition coefficient (Wildman–Crippen LogP) is 0.358. The van der Waals surface area contributed by atoms with Gasteiger partial charge in [0.2, 0.25) is 0 Å². The Bertz CT molecular complexity index is 431. The standard InChI is InChI=1S/C11H20N4O2S/c1-3-5-12-8-4-6-17-7-9(8)18-11-14-13-10(16)15(11)2/h8-9,12H,3-7H2,1-2H3,(H,13,16). The number of nitrogens with one attached hydrogen (secondary N) is 2. The van der Waals surface area contributed by atoms with E-state index in [1.807, 2.05) is 0 Å². The summed E-state index contributed by atoms with van der Waals surface area (Å²) < 4.78 is 7.06. The fourth-order valence-corrected chi connectivity index (χ4v) is 3.14. The summed E-state index contributed by atoms with van der Waals surface area (Å²) in [6.45, 7) is 4.68. The Morgan fingerprint density at radius 2 is 2.50 bits per heavy atom. The van der Waals surface area contributed by atoms with Crippen LogP contribution in [0, 0.1) is 0 Å². The summed E-state index contributed by atoms with van der Waals surface area (Å²) in [5, 5.41) is 11.1. The molecule has 1 fully saturated rings. The molecule has 2 N–H and O–H groups in total. The SMILES string of the molecule is CCCNC1CCOCC1Sc1n[nH]c(=O)n1C. The minimum atomic E-state index is -0.174. The lowest BCUT2D eigenvalue weighted by Crippen LogP contribution is -2.45. The summed E-state index contributed by atoms with van der Waals surface area (Å²) in [7, 11) is 1.73. The molecule has 0 saturated carbocycles. The van der Waals surface area contributed by atoms with E-state index in [0.29, 0.717) is 17.9 Å². The van der Waals surface area contributed by atoms with E-state index in [-0.39, 0.29) is 5.69 Å². The zero-order valence-electron chi connectivity index (χ0n) is 10.8. The van der Waals surface area contributed by atoms with E-state index < -0.39 is 0 Å². The fourth-order valence-electron chi connectivity index (χ4n) is 1.96. The van der Waals surface area contributed by atoms with E-state index in [9.17, 15) is 4.79 Å². The Morgan fingerprint density at radius 3 is 3.17 bits per heavy atom. The van der Waals surface area contributed by atoms with Crippen LogP contribution in [0.2, 0.25) is 0 Å². The third kappa shape index (κ3) is 3.15. The molecule has 1 aliphatic rings. The first-order chi connectivity index (χ1) is 8.72. The monoisotopic (exact) mass is 272 g/mol. The van der Waals surface area contributed by atoms with Gasteiger partial charge < -0.3 is 10.1 Å². The Labute approximate surface area is 110 Å². The molecule has 0 amide bonds. The molecule has 6 nitrogen and oxygen atoms in total. The van der Waals surface area contributed by atoms with Gasteiger partial charge in [0.1, 0.15) is 0 Å². The van der Waals surface area contributed by atoms with Crippen molar-refractivity contribution in [2.45, 2.75) is 36.2 Å². The maximum absolute atomic E-state index is 11.3. The molecular weight excluding hydrogens is 252 g/mol. The molecule has 1 aliphatic heterocycles. The largest absolute Gasteiger partial charge is 0.380 e. The summed E-state index contributed by atoms with van der Waals surface area (Å²) in [6.07, 6.45) is 2.13. The highest BCUT2D eigenvalue weighted by Gasteiger charge is 2.27. The van der Waals surface area contributed by atoms with Crippen molar-refractivity contribution in [1.29, 1.82) is 0 Å². The number of thioether (sulfide) groups is 1. The van der Waals surface area contributed by atoms with Crippen LogP contribution in [0.25, 0.3) is 0 Å². The maximum atomic E-state index is 11.3. The molecule has 0 bridgehead atoms. The molecule has 0 radical (unpaired) electrons. The molecule has 1 aromatic heterocycles. The van der Waals surface area contributed by atoms with E-state index in [4.69, 9.17) is 4.74 Å². The molecule has 2 atom stereocenters. The normalized spacial score (nSPS) is 24.3. The minimum Gasteiger partial charge on any atom is -0.380 e. The highest BCUT2D eigenvalue weighted by molar-refractivity contribution is 7.99. The first-order valence-electron chi connectivity index (χ1n) is 6.31. The Morgan fingerprint density at radius 1 is 1.67 bits per heavy atom. The van der Waals surface area contributed by atoms with E-state index in [1.54, 1.807) is 18.8 Å². The lowest BCUT2D eigenvalue weighted by molar-refractivity contribution is 0.0832. The van der Waals surface area contributed by atoms with Crippen molar-refractivity contribution in [1.82, 2.24) is 20.1 Å². The lowest BCUT2D eigenvalue weighted by atomic mass is 10.1. The summed E-state index contributed by atoms with van der Waals surface area (Å²) in [5.41, 5.74) is -0.174. The number of aromatic amines is 1. The Balaban J connectivity index is 2.00. The van der Waals surface area contributed by atoms with Crippen molar-refractivity contribution in [3.05, 3.63) is 10.5 Å². The molecule has 102 valence electrons. The van der Waals surface area contributed by atoms with Gasteiger partial charge in [-0.1, -0.05) is 18.7 Å². The molecule has 2 heterocycles. The van der Waals surface area contributed by atoms with Crippen molar-refractivity contribution in [3.63, 3.8) is 0 Å². The quantitative estimate of drug-likeness (QED) is 0.809. The molecule has 18 heavy (non-hydrogen) atoms. The topological polar surface area (TPSA) is 71.9 Å². The molecule has 0 aromatic carbocycles. The molecule has 2 rings (SSSR count). The van der Waals surface area contributed by atoms with Crippen LogP contribution in [0.15, 0.2) is 9.95 Å². The van der Waals surface area contributed by atoms with E-state index in [1.165, 1.54) is 4.57 Å². The van der Waals surface area contributed by atoms with Gasteiger partial charge in [0, 0.05) is 19.7 Å². The first-order valence-corrected chi connectivity index (χ1v) is 7.19.